The molecule has 4 aromatic rings. The van der Waals surface area contributed by atoms with Crippen LogP contribution in [0.1, 0.15) is 46.4 Å². The summed E-state index contributed by atoms with van der Waals surface area (Å²) in [6.07, 6.45) is -0.350. The van der Waals surface area contributed by atoms with Gasteiger partial charge in [-0.05, 0) is 61.9 Å². The number of rotatable bonds is 7. The number of Topliss-reactive ketones (excluding diaryl/α,β-unsaturated/α-hetero) is 1. The Balaban J connectivity index is 1.62. The van der Waals surface area contributed by atoms with Gasteiger partial charge in [0.25, 0.3) is 5.91 Å². The first-order valence-corrected chi connectivity index (χ1v) is 12.2. The summed E-state index contributed by atoms with van der Waals surface area (Å²) in [7, 11) is 1.48. The van der Waals surface area contributed by atoms with E-state index in [4.69, 9.17) is 13.9 Å². The third kappa shape index (κ3) is 4.59. The molecule has 198 valence electrons. The van der Waals surface area contributed by atoms with E-state index in [2.05, 4.69) is 0 Å². The fourth-order valence-corrected chi connectivity index (χ4v) is 4.58. The number of aliphatic hydroxyl groups is 1. The van der Waals surface area contributed by atoms with E-state index < -0.39 is 29.5 Å². The van der Waals surface area contributed by atoms with Crippen molar-refractivity contribution in [2.24, 2.45) is 0 Å². The lowest BCUT2D eigenvalue weighted by atomic mass is 9.94. The van der Waals surface area contributed by atoms with E-state index in [1.165, 1.54) is 36.3 Å². The average Bonchev–Trinajstić information content (AvgIpc) is 3.47. The van der Waals surface area contributed by atoms with Gasteiger partial charge >= 0.3 is 5.97 Å². The van der Waals surface area contributed by atoms with Gasteiger partial charge in [-0.1, -0.05) is 30.3 Å². The fourth-order valence-electron chi connectivity index (χ4n) is 4.58. The number of aliphatic hydroxyl groups excluding tert-OH is 1. The van der Waals surface area contributed by atoms with Crippen LogP contribution in [0.15, 0.2) is 88.5 Å². The molecule has 0 saturated carbocycles. The molecule has 39 heavy (non-hydrogen) atoms. The molecule has 9 heteroatoms. The normalized spacial score (nSPS) is 15.3. The summed E-state index contributed by atoms with van der Waals surface area (Å²) in [5, 5.41) is 21.5. The summed E-state index contributed by atoms with van der Waals surface area (Å²) in [5.74, 6) is -2.55. The molecule has 1 unspecified atom stereocenters. The number of ether oxygens (including phenoxy) is 2. The van der Waals surface area contributed by atoms with E-state index in [1.807, 2.05) is 0 Å². The van der Waals surface area contributed by atoms with Crippen LogP contribution in [-0.4, -0.2) is 41.1 Å². The number of phenolic OH excluding ortho intramolecular Hbond substituents is 1. The summed E-state index contributed by atoms with van der Waals surface area (Å²) in [6, 6.07) is 17.7. The molecule has 1 aliphatic heterocycles. The third-order valence-electron chi connectivity index (χ3n) is 6.32. The van der Waals surface area contributed by atoms with Gasteiger partial charge in [0.2, 0.25) is 5.78 Å². The highest BCUT2D eigenvalue weighted by Gasteiger charge is 2.45. The van der Waals surface area contributed by atoms with Gasteiger partial charge in [-0.2, -0.15) is 0 Å². The van der Waals surface area contributed by atoms with E-state index in [0.717, 1.165) is 0 Å². The molecule has 2 N–H and O–H groups in total. The molecule has 1 atom stereocenters. The van der Waals surface area contributed by atoms with Crippen LogP contribution in [0.4, 0.5) is 5.69 Å². The Kier molecular flexibility index (Phi) is 6.57. The van der Waals surface area contributed by atoms with Crippen LogP contribution in [0.3, 0.4) is 0 Å². The highest BCUT2D eigenvalue weighted by atomic mass is 16.5. The number of aromatic hydroxyl groups is 1. The van der Waals surface area contributed by atoms with Crippen molar-refractivity contribution >= 4 is 34.3 Å². The second-order valence-electron chi connectivity index (χ2n) is 9.25. The minimum atomic E-state index is -1.09. The van der Waals surface area contributed by atoms with Gasteiger partial charge in [0.15, 0.2) is 22.9 Å². The van der Waals surface area contributed by atoms with Crippen LogP contribution in [0.5, 0.6) is 11.5 Å². The molecule has 0 radical (unpaired) electrons. The zero-order valence-electron chi connectivity index (χ0n) is 21.4. The molecule has 9 nitrogen and oxygen atoms in total. The molecule has 5 rings (SSSR count). The number of methoxy groups -OCH3 is 1. The lowest BCUT2D eigenvalue weighted by Gasteiger charge is -2.27. The lowest BCUT2D eigenvalue weighted by Crippen LogP contribution is -2.31. The number of benzene rings is 3. The quantitative estimate of drug-likeness (QED) is 0.238. The Hall–Kier alpha value is -5.05. The predicted octanol–water partition coefficient (Wildman–Crippen LogP) is 5.50. The summed E-state index contributed by atoms with van der Waals surface area (Å²) in [6.45, 7) is 3.44. The topological polar surface area (TPSA) is 127 Å². The summed E-state index contributed by atoms with van der Waals surface area (Å²) >= 11 is 0. The van der Waals surface area contributed by atoms with Crippen LogP contribution in [-0.2, 0) is 9.53 Å². The zero-order valence-corrected chi connectivity index (χ0v) is 21.4. The SMILES string of the molecule is COc1cccc2cc(C(=O)C3=C(O)C(=O)N(c4cccc(C(=O)OC(C)C)c4)C3c3ccc(O)cc3)oc12. The Bertz CT molecular complexity index is 1630. The van der Waals surface area contributed by atoms with E-state index in [1.54, 1.807) is 62.4 Å². The maximum atomic E-state index is 13.8. The smallest absolute Gasteiger partial charge is 0.338 e. The Morgan fingerprint density at radius 1 is 0.974 bits per heavy atom. The first-order valence-electron chi connectivity index (χ1n) is 12.2. The minimum absolute atomic E-state index is 0.0153. The van der Waals surface area contributed by atoms with Crippen molar-refractivity contribution < 1.29 is 38.5 Å². The van der Waals surface area contributed by atoms with Crippen LogP contribution in [0.25, 0.3) is 11.0 Å². The minimum Gasteiger partial charge on any atom is -0.508 e. The molecular weight excluding hydrogens is 502 g/mol. The van der Waals surface area contributed by atoms with E-state index in [-0.39, 0.29) is 34.4 Å². The number of hydrogen-bond acceptors (Lipinski definition) is 8. The molecule has 0 aliphatic carbocycles. The molecule has 0 saturated heterocycles. The monoisotopic (exact) mass is 527 g/mol. The van der Waals surface area contributed by atoms with Gasteiger partial charge in [0.1, 0.15) is 5.75 Å². The van der Waals surface area contributed by atoms with Crippen molar-refractivity contribution in [2.45, 2.75) is 26.0 Å². The fraction of sp³-hybridized carbons (Fsp3) is 0.167. The van der Waals surface area contributed by atoms with Crippen molar-refractivity contribution in [1.82, 2.24) is 0 Å². The number of para-hydroxylation sites is 1. The predicted molar refractivity (Wildman–Crippen MR) is 142 cm³/mol. The summed E-state index contributed by atoms with van der Waals surface area (Å²) in [5.41, 5.74) is 1.04. The Labute approximate surface area is 223 Å². The van der Waals surface area contributed by atoms with Crippen molar-refractivity contribution in [1.29, 1.82) is 0 Å². The van der Waals surface area contributed by atoms with Crippen LogP contribution in [0, 0.1) is 0 Å². The van der Waals surface area contributed by atoms with Crippen molar-refractivity contribution in [3.63, 3.8) is 0 Å². The molecule has 1 aromatic heterocycles. The third-order valence-corrected chi connectivity index (χ3v) is 6.32. The number of carbonyl (C=O) groups excluding carboxylic acids is 3. The van der Waals surface area contributed by atoms with Crippen LogP contribution >= 0.6 is 0 Å². The van der Waals surface area contributed by atoms with Gasteiger partial charge in [0.05, 0.1) is 30.4 Å². The molecule has 0 bridgehead atoms. The van der Waals surface area contributed by atoms with Gasteiger partial charge < -0.3 is 24.1 Å². The van der Waals surface area contributed by atoms with Crippen LogP contribution in [0.2, 0.25) is 0 Å². The van der Waals surface area contributed by atoms with E-state index in [0.29, 0.717) is 22.3 Å². The highest BCUT2D eigenvalue weighted by molar-refractivity contribution is 6.21. The maximum absolute atomic E-state index is 13.8. The number of carbonyl (C=O) groups is 3. The molecule has 1 aliphatic rings. The molecule has 2 heterocycles. The Morgan fingerprint density at radius 3 is 2.38 bits per heavy atom. The standard InChI is InChI=1S/C30H25NO8/c1-16(2)38-30(36)19-7-4-8-20(14-19)31-25(17-10-12-21(32)13-11-17)24(27(34)29(31)35)26(33)23-15-18-6-5-9-22(37-3)28(18)39-23/h4-16,25,32,34H,1-3H3. The lowest BCUT2D eigenvalue weighted by molar-refractivity contribution is -0.117. The van der Waals surface area contributed by atoms with Gasteiger partial charge in [0, 0.05) is 11.1 Å². The highest BCUT2D eigenvalue weighted by Crippen LogP contribution is 2.43. The van der Waals surface area contributed by atoms with Crippen molar-refractivity contribution in [3.05, 3.63) is 101 Å². The number of hydrogen-bond donors (Lipinski definition) is 2. The number of amides is 1. The zero-order chi connectivity index (χ0) is 27.8. The molecule has 3 aromatic carbocycles. The number of furan rings is 1. The van der Waals surface area contributed by atoms with E-state index in [9.17, 15) is 24.6 Å². The van der Waals surface area contributed by atoms with Crippen LogP contribution < -0.4 is 9.64 Å². The molecular formula is C30H25NO8. The first-order chi connectivity index (χ1) is 18.7. The van der Waals surface area contributed by atoms with E-state index >= 15 is 0 Å². The second-order valence-corrected chi connectivity index (χ2v) is 9.25. The average molecular weight is 528 g/mol. The Morgan fingerprint density at radius 2 is 1.69 bits per heavy atom. The number of anilines is 1. The second kappa shape index (κ2) is 10.0. The summed E-state index contributed by atoms with van der Waals surface area (Å²) in [4.78, 5) is 41.1. The molecule has 0 spiro atoms. The van der Waals surface area contributed by atoms with Gasteiger partial charge in [-0.15, -0.1) is 0 Å². The van der Waals surface area contributed by atoms with Gasteiger partial charge in [-0.25, -0.2) is 4.79 Å². The number of phenols is 1. The number of esters is 1. The maximum Gasteiger partial charge on any atom is 0.338 e. The summed E-state index contributed by atoms with van der Waals surface area (Å²) < 4.78 is 16.4. The van der Waals surface area contributed by atoms with Crippen molar-refractivity contribution in [2.75, 3.05) is 12.0 Å². The van der Waals surface area contributed by atoms with Crippen molar-refractivity contribution in [3.8, 4) is 11.5 Å². The van der Waals surface area contributed by atoms with Gasteiger partial charge in [-0.3, -0.25) is 14.5 Å². The first kappa shape index (κ1) is 25.6. The largest absolute Gasteiger partial charge is 0.508 e. The number of ketones is 1. The molecule has 0 fully saturated rings. The molecule has 1 amide bonds. The number of fused-ring (bicyclic) bond motifs is 1. The number of nitrogens with zero attached hydrogens (tertiary/aromatic N) is 1.